The van der Waals surface area contributed by atoms with Crippen LogP contribution < -0.4 is 10.1 Å². The fourth-order valence-corrected chi connectivity index (χ4v) is 4.46. The van der Waals surface area contributed by atoms with Gasteiger partial charge >= 0.3 is 0 Å². The molecule has 0 aliphatic rings. The fraction of sp³-hybridized carbons (Fsp3) is 0.333. The second kappa shape index (κ2) is 14.1. The van der Waals surface area contributed by atoms with Crippen LogP contribution in [0.25, 0.3) is 0 Å². The van der Waals surface area contributed by atoms with Crippen molar-refractivity contribution in [2.24, 2.45) is 0 Å². The number of benzene rings is 3. The molecule has 0 aromatic heterocycles. The van der Waals surface area contributed by atoms with E-state index in [0.29, 0.717) is 34.3 Å². The van der Waals surface area contributed by atoms with E-state index < -0.39 is 6.04 Å². The minimum absolute atomic E-state index is 0.0757. The van der Waals surface area contributed by atoms with Gasteiger partial charge in [-0.25, -0.2) is 0 Å². The summed E-state index contributed by atoms with van der Waals surface area (Å²) in [5, 5.41) is 3.87. The molecule has 3 aromatic carbocycles. The Labute approximate surface area is 229 Å². The van der Waals surface area contributed by atoms with Crippen molar-refractivity contribution in [3.8, 4) is 5.75 Å². The zero-order chi connectivity index (χ0) is 26.8. The number of hydrogen-bond acceptors (Lipinski definition) is 3. The molecule has 5 nitrogen and oxygen atoms in total. The Morgan fingerprint density at radius 3 is 2.30 bits per heavy atom. The van der Waals surface area contributed by atoms with Crippen molar-refractivity contribution < 1.29 is 14.3 Å². The summed E-state index contributed by atoms with van der Waals surface area (Å²) in [6.07, 6.45) is 2.14. The summed E-state index contributed by atoms with van der Waals surface area (Å²) in [6.45, 7) is 6.46. The van der Waals surface area contributed by atoms with Crippen molar-refractivity contribution in [3.63, 3.8) is 0 Å². The molecule has 0 fully saturated rings. The van der Waals surface area contributed by atoms with Gasteiger partial charge in [0.15, 0.2) is 6.61 Å². The average molecular weight is 542 g/mol. The van der Waals surface area contributed by atoms with Crippen molar-refractivity contribution in [3.05, 3.63) is 99.0 Å². The highest BCUT2D eigenvalue weighted by Gasteiger charge is 2.31. The van der Waals surface area contributed by atoms with Crippen LogP contribution in [0.4, 0.5) is 0 Å². The van der Waals surface area contributed by atoms with Gasteiger partial charge in [0.1, 0.15) is 11.8 Å². The van der Waals surface area contributed by atoms with Crippen LogP contribution in [-0.4, -0.2) is 35.9 Å². The summed E-state index contributed by atoms with van der Waals surface area (Å²) in [7, 11) is 0. The van der Waals surface area contributed by atoms with E-state index in [0.717, 1.165) is 29.5 Å². The number of aryl methyl sites for hydroxylation is 2. The SMILES string of the molecule is CCCCNC(=O)C(Cc1ccccc1)N(Cc1c(Cl)cccc1Cl)C(=O)COc1ccc(C)c(C)c1. The lowest BCUT2D eigenvalue weighted by Gasteiger charge is -2.32. The molecule has 196 valence electrons. The van der Waals surface area contributed by atoms with Crippen molar-refractivity contribution in [2.75, 3.05) is 13.2 Å². The monoisotopic (exact) mass is 540 g/mol. The predicted molar refractivity (Wildman–Crippen MR) is 150 cm³/mol. The van der Waals surface area contributed by atoms with Crippen molar-refractivity contribution in [1.29, 1.82) is 0 Å². The third-order valence-corrected chi connectivity index (χ3v) is 7.04. The molecule has 1 atom stereocenters. The zero-order valence-corrected chi connectivity index (χ0v) is 23.1. The summed E-state index contributed by atoms with van der Waals surface area (Å²) in [6, 6.07) is 19.8. The molecule has 0 saturated heterocycles. The first-order valence-electron chi connectivity index (χ1n) is 12.5. The van der Waals surface area contributed by atoms with Crippen LogP contribution in [0.15, 0.2) is 66.7 Å². The van der Waals surface area contributed by atoms with Crippen LogP contribution >= 0.6 is 23.2 Å². The lowest BCUT2D eigenvalue weighted by Crippen LogP contribution is -2.52. The predicted octanol–water partition coefficient (Wildman–Crippen LogP) is 6.55. The van der Waals surface area contributed by atoms with E-state index in [2.05, 4.69) is 12.2 Å². The molecule has 0 saturated carbocycles. The number of unbranched alkanes of at least 4 members (excludes halogenated alkanes) is 1. The van der Waals surface area contributed by atoms with Gasteiger partial charge in [-0.2, -0.15) is 0 Å². The van der Waals surface area contributed by atoms with E-state index in [1.54, 1.807) is 18.2 Å². The number of rotatable bonds is 12. The van der Waals surface area contributed by atoms with E-state index in [1.165, 1.54) is 4.90 Å². The van der Waals surface area contributed by atoms with Crippen LogP contribution in [0.3, 0.4) is 0 Å². The van der Waals surface area contributed by atoms with Gasteiger partial charge in [0, 0.05) is 35.1 Å². The number of nitrogens with zero attached hydrogens (tertiary/aromatic N) is 1. The molecule has 0 spiro atoms. The Balaban J connectivity index is 1.93. The molecule has 0 radical (unpaired) electrons. The molecule has 1 unspecified atom stereocenters. The van der Waals surface area contributed by atoms with Crippen molar-refractivity contribution >= 4 is 35.0 Å². The quantitative estimate of drug-likeness (QED) is 0.265. The smallest absolute Gasteiger partial charge is 0.261 e. The number of carbonyl (C=O) groups is 2. The van der Waals surface area contributed by atoms with Gasteiger partial charge in [-0.15, -0.1) is 0 Å². The Bertz CT molecular complexity index is 1180. The van der Waals surface area contributed by atoms with Crippen LogP contribution in [0, 0.1) is 13.8 Å². The number of hydrogen-bond donors (Lipinski definition) is 1. The van der Waals surface area contributed by atoms with E-state index >= 15 is 0 Å². The minimum atomic E-state index is -0.776. The van der Waals surface area contributed by atoms with Gasteiger partial charge in [0.2, 0.25) is 5.91 Å². The topological polar surface area (TPSA) is 58.6 Å². The highest BCUT2D eigenvalue weighted by atomic mass is 35.5. The lowest BCUT2D eigenvalue weighted by molar-refractivity contribution is -0.142. The van der Waals surface area contributed by atoms with Crippen molar-refractivity contribution in [1.82, 2.24) is 10.2 Å². The van der Waals surface area contributed by atoms with Gasteiger partial charge in [0.05, 0.1) is 0 Å². The average Bonchev–Trinajstić information content (AvgIpc) is 2.88. The van der Waals surface area contributed by atoms with Crippen molar-refractivity contribution in [2.45, 2.75) is 52.6 Å². The van der Waals surface area contributed by atoms with E-state index in [9.17, 15) is 9.59 Å². The molecule has 3 aromatic rings. The molecule has 1 N–H and O–H groups in total. The maximum Gasteiger partial charge on any atom is 0.261 e. The molecule has 0 bridgehead atoms. The Kier molecular flexibility index (Phi) is 10.8. The van der Waals surface area contributed by atoms with Gasteiger partial charge < -0.3 is 15.0 Å². The first-order chi connectivity index (χ1) is 17.8. The molecule has 0 heterocycles. The van der Waals surface area contributed by atoms with Gasteiger partial charge in [0.25, 0.3) is 5.91 Å². The maximum absolute atomic E-state index is 13.7. The number of ether oxygens (including phenoxy) is 1. The summed E-state index contributed by atoms with van der Waals surface area (Å²) in [5.41, 5.74) is 3.74. The summed E-state index contributed by atoms with van der Waals surface area (Å²) in [4.78, 5) is 28.7. The number of nitrogens with one attached hydrogen (secondary N) is 1. The highest BCUT2D eigenvalue weighted by Crippen LogP contribution is 2.27. The van der Waals surface area contributed by atoms with Crippen LogP contribution in [0.2, 0.25) is 10.0 Å². The van der Waals surface area contributed by atoms with E-state index in [-0.39, 0.29) is 25.0 Å². The van der Waals surface area contributed by atoms with Crippen LogP contribution in [0.1, 0.15) is 42.0 Å². The molecular formula is C30H34Cl2N2O3. The Morgan fingerprint density at radius 1 is 0.946 bits per heavy atom. The zero-order valence-electron chi connectivity index (χ0n) is 21.6. The van der Waals surface area contributed by atoms with E-state index in [4.69, 9.17) is 27.9 Å². The fourth-order valence-electron chi connectivity index (χ4n) is 3.95. The molecule has 7 heteroatoms. The number of amides is 2. The summed E-state index contributed by atoms with van der Waals surface area (Å²) < 4.78 is 5.87. The summed E-state index contributed by atoms with van der Waals surface area (Å²) in [5.74, 6) is 0.0416. The molecule has 3 rings (SSSR count). The van der Waals surface area contributed by atoms with Gasteiger partial charge in [-0.1, -0.05) is 79.0 Å². The molecule has 37 heavy (non-hydrogen) atoms. The van der Waals surface area contributed by atoms with E-state index in [1.807, 2.05) is 62.4 Å². The van der Waals surface area contributed by atoms with Gasteiger partial charge in [-0.05, 0) is 61.2 Å². The minimum Gasteiger partial charge on any atom is -0.484 e. The van der Waals surface area contributed by atoms with Crippen LogP contribution in [-0.2, 0) is 22.6 Å². The second-order valence-corrected chi connectivity index (χ2v) is 9.92. The second-order valence-electron chi connectivity index (χ2n) is 9.11. The highest BCUT2D eigenvalue weighted by molar-refractivity contribution is 6.36. The molecular weight excluding hydrogens is 507 g/mol. The molecule has 0 aliphatic heterocycles. The third-order valence-electron chi connectivity index (χ3n) is 6.33. The number of carbonyl (C=O) groups excluding carboxylic acids is 2. The largest absolute Gasteiger partial charge is 0.484 e. The Hall–Kier alpha value is -3.02. The maximum atomic E-state index is 13.7. The standard InChI is InChI=1S/C30H34Cl2N2O3/c1-4-5-16-33-30(36)28(18-23-10-7-6-8-11-23)34(19-25-26(31)12-9-13-27(25)32)29(35)20-37-24-15-14-21(2)22(3)17-24/h6-15,17,28H,4-5,16,18-20H2,1-3H3,(H,33,36). The Morgan fingerprint density at radius 2 is 1.65 bits per heavy atom. The van der Waals surface area contributed by atoms with Crippen LogP contribution in [0.5, 0.6) is 5.75 Å². The number of halogens is 2. The first-order valence-corrected chi connectivity index (χ1v) is 13.3. The third kappa shape index (κ3) is 8.24. The normalized spacial score (nSPS) is 11.6. The first kappa shape index (κ1) is 28.5. The molecule has 0 aliphatic carbocycles. The lowest BCUT2D eigenvalue weighted by atomic mass is 10.0. The van der Waals surface area contributed by atoms with Gasteiger partial charge in [-0.3, -0.25) is 9.59 Å². The molecule has 2 amide bonds. The summed E-state index contributed by atoms with van der Waals surface area (Å²) >= 11 is 13.0.